The molecule has 7 nitrogen and oxygen atoms in total. The van der Waals surface area contributed by atoms with Gasteiger partial charge in [0, 0.05) is 22.7 Å². The van der Waals surface area contributed by atoms with Crippen LogP contribution in [0.25, 0.3) is 32.9 Å². The summed E-state index contributed by atoms with van der Waals surface area (Å²) in [5, 5.41) is 2.78. The Morgan fingerprint density at radius 3 is 2.33 bits per heavy atom. The van der Waals surface area contributed by atoms with Crippen LogP contribution in [0.5, 0.6) is 0 Å². The highest BCUT2D eigenvalue weighted by Gasteiger charge is 2.28. The fraction of sp³-hybridized carbons (Fsp3) is 0.118. The van der Waals surface area contributed by atoms with Crippen LogP contribution in [0.1, 0.15) is 28.6 Å². The van der Waals surface area contributed by atoms with E-state index in [0.717, 1.165) is 27.5 Å². The Labute approximate surface area is 244 Å². The minimum atomic E-state index is -4.09. The van der Waals surface area contributed by atoms with E-state index in [0.29, 0.717) is 22.2 Å². The van der Waals surface area contributed by atoms with Crippen molar-refractivity contribution < 1.29 is 22.4 Å². The standard InChI is InChI=1S/C34H28N2O5S/c1-3-40-34(37)33-23(2)30-20-29(16-17-31(30)41-33)36(22-24-9-5-4-6-10-24)42(38,39)32-18-15-28(21-35-32)27-14-13-25-11-7-8-12-26(25)19-27/h4-21H,3,22H2,1-2H3. The Hall–Kier alpha value is -4.95. The second-order valence-corrected chi connectivity index (χ2v) is 11.7. The molecule has 0 spiro atoms. The first kappa shape index (κ1) is 27.2. The molecule has 42 heavy (non-hydrogen) atoms. The van der Waals surface area contributed by atoms with E-state index < -0.39 is 16.0 Å². The first-order chi connectivity index (χ1) is 20.3. The summed E-state index contributed by atoms with van der Waals surface area (Å²) in [4.78, 5) is 16.8. The molecular formula is C34H28N2O5S. The molecule has 0 amide bonds. The molecule has 2 heterocycles. The van der Waals surface area contributed by atoms with Crippen molar-refractivity contribution in [1.29, 1.82) is 0 Å². The number of aryl methyl sites for hydroxylation is 1. The number of pyridine rings is 1. The van der Waals surface area contributed by atoms with E-state index in [9.17, 15) is 13.2 Å². The molecule has 0 N–H and O–H groups in total. The molecule has 0 bridgehead atoms. The van der Waals surface area contributed by atoms with E-state index in [1.54, 1.807) is 50.4 Å². The third kappa shape index (κ3) is 5.12. The van der Waals surface area contributed by atoms with E-state index in [1.807, 2.05) is 66.7 Å². The molecule has 0 radical (unpaired) electrons. The van der Waals surface area contributed by atoms with Crippen LogP contribution in [-0.4, -0.2) is 26.0 Å². The lowest BCUT2D eigenvalue weighted by atomic mass is 10.0. The van der Waals surface area contributed by atoms with Crippen molar-refractivity contribution in [1.82, 2.24) is 4.98 Å². The maximum atomic E-state index is 14.1. The third-order valence-corrected chi connectivity index (χ3v) is 8.90. The number of hydrogen-bond donors (Lipinski definition) is 0. The summed E-state index contributed by atoms with van der Waals surface area (Å²) in [5.41, 5.74) is 4.05. The smallest absolute Gasteiger partial charge is 0.374 e. The molecule has 0 aliphatic rings. The number of hydrogen-bond acceptors (Lipinski definition) is 6. The normalized spacial score (nSPS) is 11.6. The summed E-state index contributed by atoms with van der Waals surface area (Å²) in [6.45, 7) is 3.79. The molecule has 0 aliphatic carbocycles. The van der Waals surface area contributed by atoms with Gasteiger partial charge in [0.1, 0.15) is 5.58 Å². The number of carbonyl (C=O) groups excluding carboxylic acids is 1. The minimum Gasteiger partial charge on any atom is -0.460 e. The van der Waals surface area contributed by atoms with Gasteiger partial charge in [-0.3, -0.25) is 4.31 Å². The molecular weight excluding hydrogens is 548 g/mol. The van der Waals surface area contributed by atoms with Crippen molar-refractivity contribution in [2.45, 2.75) is 25.4 Å². The molecule has 6 rings (SSSR count). The van der Waals surface area contributed by atoms with Crippen molar-refractivity contribution in [3.05, 3.63) is 126 Å². The van der Waals surface area contributed by atoms with Crippen LogP contribution in [-0.2, 0) is 21.3 Å². The number of carbonyl (C=O) groups is 1. The predicted molar refractivity (Wildman–Crippen MR) is 164 cm³/mol. The van der Waals surface area contributed by atoms with Gasteiger partial charge in [-0.1, -0.05) is 66.7 Å². The van der Waals surface area contributed by atoms with Gasteiger partial charge in [-0.05, 0) is 72.1 Å². The zero-order valence-corrected chi connectivity index (χ0v) is 24.0. The lowest BCUT2D eigenvalue weighted by Gasteiger charge is -2.24. The highest BCUT2D eigenvalue weighted by atomic mass is 32.2. The molecule has 0 saturated heterocycles. The molecule has 0 saturated carbocycles. The Morgan fingerprint density at radius 1 is 0.857 bits per heavy atom. The van der Waals surface area contributed by atoms with Crippen molar-refractivity contribution in [2.24, 2.45) is 0 Å². The number of benzene rings is 4. The SMILES string of the molecule is CCOC(=O)c1oc2ccc(N(Cc3ccccc3)S(=O)(=O)c3ccc(-c4ccc5ccccc5c4)cn3)cc2c1C. The zero-order valence-electron chi connectivity index (χ0n) is 23.2. The van der Waals surface area contributed by atoms with Gasteiger partial charge in [-0.2, -0.15) is 8.42 Å². The zero-order chi connectivity index (χ0) is 29.3. The van der Waals surface area contributed by atoms with Gasteiger partial charge >= 0.3 is 5.97 Å². The topological polar surface area (TPSA) is 89.7 Å². The van der Waals surface area contributed by atoms with E-state index in [1.165, 1.54) is 4.31 Å². The number of ether oxygens (including phenoxy) is 1. The van der Waals surface area contributed by atoms with Crippen molar-refractivity contribution in [3.63, 3.8) is 0 Å². The van der Waals surface area contributed by atoms with Crippen LogP contribution in [0.4, 0.5) is 5.69 Å². The second kappa shape index (κ2) is 11.1. The lowest BCUT2D eigenvalue weighted by molar-refractivity contribution is 0.0491. The summed E-state index contributed by atoms with van der Waals surface area (Å²) < 4.78 is 40.5. The fourth-order valence-electron chi connectivity index (χ4n) is 5.01. The van der Waals surface area contributed by atoms with Crippen LogP contribution in [0.2, 0.25) is 0 Å². The highest BCUT2D eigenvalue weighted by Crippen LogP contribution is 2.33. The van der Waals surface area contributed by atoms with Crippen molar-refractivity contribution in [2.75, 3.05) is 10.9 Å². The number of aromatic nitrogens is 1. The number of esters is 1. The van der Waals surface area contributed by atoms with Gasteiger partial charge < -0.3 is 9.15 Å². The number of fused-ring (bicyclic) bond motifs is 2. The molecule has 0 fully saturated rings. The molecule has 6 aromatic rings. The summed E-state index contributed by atoms with van der Waals surface area (Å²) in [6, 6.07) is 31.9. The van der Waals surface area contributed by atoms with Gasteiger partial charge in [0.05, 0.1) is 18.8 Å². The Morgan fingerprint density at radius 2 is 1.60 bits per heavy atom. The van der Waals surface area contributed by atoms with Crippen LogP contribution >= 0.6 is 0 Å². The van der Waals surface area contributed by atoms with Crippen LogP contribution in [0.15, 0.2) is 119 Å². The molecule has 4 aromatic carbocycles. The molecule has 0 unspecified atom stereocenters. The van der Waals surface area contributed by atoms with Crippen LogP contribution in [0.3, 0.4) is 0 Å². The Balaban J connectivity index is 1.39. The second-order valence-electron chi connectivity index (χ2n) is 9.90. The van der Waals surface area contributed by atoms with Crippen LogP contribution < -0.4 is 4.31 Å². The molecule has 8 heteroatoms. The molecule has 0 atom stereocenters. The largest absolute Gasteiger partial charge is 0.460 e. The number of nitrogens with zero attached hydrogens (tertiary/aromatic N) is 2. The lowest BCUT2D eigenvalue weighted by Crippen LogP contribution is -2.31. The average molecular weight is 577 g/mol. The molecule has 210 valence electrons. The maximum Gasteiger partial charge on any atom is 0.374 e. The monoisotopic (exact) mass is 576 g/mol. The van der Waals surface area contributed by atoms with Gasteiger partial charge in [0.2, 0.25) is 5.76 Å². The fourth-order valence-corrected chi connectivity index (χ4v) is 6.37. The number of furan rings is 1. The predicted octanol–water partition coefficient (Wildman–Crippen LogP) is 7.53. The maximum absolute atomic E-state index is 14.1. The minimum absolute atomic E-state index is 0.0702. The van der Waals surface area contributed by atoms with E-state index in [-0.39, 0.29) is 23.9 Å². The first-order valence-electron chi connectivity index (χ1n) is 13.6. The summed E-state index contributed by atoms with van der Waals surface area (Å²) in [7, 11) is -4.09. The van der Waals surface area contributed by atoms with Gasteiger partial charge in [0.25, 0.3) is 10.0 Å². The van der Waals surface area contributed by atoms with E-state index >= 15 is 0 Å². The summed E-state index contributed by atoms with van der Waals surface area (Å²) in [6.07, 6.45) is 1.59. The highest BCUT2D eigenvalue weighted by molar-refractivity contribution is 7.92. The number of sulfonamides is 1. The van der Waals surface area contributed by atoms with Crippen molar-refractivity contribution >= 4 is 43.4 Å². The Kier molecular flexibility index (Phi) is 7.22. The van der Waals surface area contributed by atoms with Crippen LogP contribution in [0, 0.1) is 6.92 Å². The van der Waals surface area contributed by atoms with Gasteiger partial charge in [-0.25, -0.2) is 9.78 Å². The quantitative estimate of drug-likeness (QED) is 0.174. The average Bonchev–Trinajstić information content (AvgIpc) is 3.36. The molecule has 2 aromatic heterocycles. The van der Waals surface area contributed by atoms with Gasteiger partial charge in [-0.15, -0.1) is 0 Å². The van der Waals surface area contributed by atoms with Gasteiger partial charge in [0.15, 0.2) is 5.03 Å². The third-order valence-electron chi connectivity index (χ3n) is 7.21. The molecule has 0 aliphatic heterocycles. The van der Waals surface area contributed by atoms with E-state index in [4.69, 9.17) is 9.15 Å². The number of anilines is 1. The summed E-state index contributed by atoms with van der Waals surface area (Å²) >= 11 is 0. The Bertz CT molecular complexity index is 2020. The summed E-state index contributed by atoms with van der Waals surface area (Å²) in [5.74, 6) is -0.454. The first-order valence-corrected chi connectivity index (χ1v) is 15.0. The number of rotatable bonds is 8. The van der Waals surface area contributed by atoms with E-state index in [2.05, 4.69) is 11.1 Å². The van der Waals surface area contributed by atoms with Crippen molar-refractivity contribution in [3.8, 4) is 11.1 Å².